The molecule has 1 N–H and O–H groups in total. The maximum absolute atomic E-state index is 11.7. The van der Waals surface area contributed by atoms with E-state index in [1.54, 1.807) is 0 Å². The number of piperidine rings is 1. The van der Waals surface area contributed by atoms with Crippen LogP contribution in [0, 0.1) is 5.92 Å². The molecule has 0 radical (unpaired) electrons. The first-order valence-electron chi connectivity index (χ1n) is 9.52. The highest BCUT2D eigenvalue weighted by Crippen LogP contribution is 2.29. The standard InChI is InChI=1S/C20H30N4O2/c1-15(24-13-10-16-6-4-5-7-18(16)24)14-22-20(21-2)23-11-8-17(9-12-23)19(25)26-3/h4-7,15,17H,8-14H2,1-3H3,(H,21,22). The van der Waals surface area contributed by atoms with E-state index in [4.69, 9.17) is 4.74 Å². The van der Waals surface area contributed by atoms with Gasteiger partial charge in [-0.2, -0.15) is 0 Å². The fourth-order valence-electron chi connectivity index (χ4n) is 4.00. The summed E-state index contributed by atoms with van der Waals surface area (Å²) >= 11 is 0. The lowest BCUT2D eigenvalue weighted by atomic mass is 9.97. The number of nitrogens with zero attached hydrogens (tertiary/aromatic N) is 3. The molecule has 26 heavy (non-hydrogen) atoms. The summed E-state index contributed by atoms with van der Waals surface area (Å²) in [4.78, 5) is 20.8. The van der Waals surface area contributed by atoms with Crippen molar-refractivity contribution in [2.75, 3.05) is 45.2 Å². The number of ether oxygens (including phenoxy) is 1. The van der Waals surface area contributed by atoms with Crippen LogP contribution in [-0.4, -0.2) is 63.2 Å². The summed E-state index contributed by atoms with van der Waals surface area (Å²) in [7, 11) is 3.29. The third-order valence-corrected chi connectivity index (χ3v) is 5.55. The van der Waals surface area contributed by atoms with Gasteiger partial charge in [-0.1, -0.05) is 18.2 Å². The number of methoxy groups -OCH3 is 1. The first-order chi connectivity index (χ1) is 12.6. The normalized spacial score (nSPS) is 19.3. The number of para-hydroxylation sites is 1. The molecule has 142 valence electrons. The molecule has 1 saturated heterocycles. The van der Waals surface area contributed by atoms with Gasteiger partial charge in [0.1, 0.15) is 0 Å². The van der Waals surface area contributed by atoms with E-state index in [1.165, 1.54) is 18.4 Å². The van der Waals surface area contributed by atoms with Gasteiger partial charge in [0.15, 0.2) is 5.96 Å². The Labute approximate surface area is 156 Å². The number of benzene rings is 1. The van der Waals surface area contributed by atoms with Crippen molar-refractivity contribution in [3.05, 3.63) is 29.8 Å². The van der Waals surface area contributed by atoms with Crippen molar-refractivity contribution in [2.45, 2.75) is 32.2 Å². The summed E-state index contributed by atoms with van der Waals surface area (Å²) < 4.78 is 4.87. The zero-order valence-electron chi connectivity index (χ0n) is 16.1. The molecule has 0 spiro atoms. The van der Waals surface area contributed by atoms with E-state index in [2.05, 4.69) is 51.3 Å². The highest BCUT2D eigenvalue weighted by Gasteiger charge is 2.28. The highest BCUT2D eigenvalue weighted by atomic mass is 16.5. The van der Waals surface area contributed by atoms with Crippen LogP contribution < -0.4 is 10.2 Å². The molecule has 1 unspecified atom stereocenters. The number of anilines is 1. The minimum absolute atomic E-state index is 0.0226. The summed E-state index contributed by atoms with van der Waals surface area (Å²) in [5.41, 5.74) is 2.80. The van der Waals surface area contributed by atoms with Crippen molar-refractivity contribution in [3.63, 3.8) is 0 Å². The van der Waals surface area contributed by atoms with Crippen LogP contribution in [0.15, 0.2) is 29.3 Å². The number of carbonyl (C=O) groups is 1. The van der Waals surface area contributed by atoms with Crippen molar-refractivity contribution >= 4 is 17.6 Å². The van der Waals surface area contributed by atoms with E-state index < -0.39 is 0 Å². The Balaban J connectivity index is 1.51. The second-order valence-corrected chi connectivity index (χ2v) is 7.13. The van der Waals surface area contributed by atoms with Crippen molar-refractivity contribution in [1.29, 1.82) is 0 Å². The molecular weight excluding hydrogens is 328 g/mol. The third-order valence-electron chi connectivity index (χ3n) is 5.55. The zero-order valence-corrected chi connectivity index (χ0v) is 16.1. The van der Waals surface area contributed by atoms with Crippen LogP contribution in [0.2, 0.25) is 0 Å². The summed E-state index contributed by atoms with van der Waals surface area (Å²) in [5, 5.41) is 3.52. The molecule has 1 aromatic rings. The Morgan fingerprint density at radius 1 is 1.31 bits per heavy atom. The highest BCUT2D eigenvalue weighted by molar-refractivity contribution is 5.80. The van der Waals surface area contributed by atoms with Crippen molar-refractivity contribution in [3.8, 4) is 0 Å². The maximum atomic E-state index is 11.7. The molecule has 3 rings (SSSR count). The van der Waals surface area contributed by atoms with Gasteiger partial charge >= 0.3 is 5.97 Å². The molecular formula is C20H30N4O2. The van der Waals surface area contributed by atoms with Gasteiger partial charge in [-0.3, -0.25) is 9.79 Å². The second kappa shape index (κ2) is 8.43. The molecule has 0 bridgehead atoms. The molecule has 0 aromatic heterocycles. The third kappa shape index (κ3) is 3.94. The van der Waals surface area contributed by atoms with Crippen LogP contribution in [0.1, 0.15) is 25.3 Å². The molecule has 0 aliphatic carbocycles. The number of likely N-dealkylation sites (tertiary alicyclic amines) is 1. The summed E-state index contributed by atoms with van der Waals surface area (Å²) in [6.07, 6.45) is 2.77. The monoisotopic (exact) mass is 358 g/mol. The van der Waals surface area contributed by atoms with E-state index in [9.17, 15) is 4.79 Å². The van der Waals surface area contributed by atoms with E-state index in [-0.39, 0.29) is 11.9 Å². The molecule has 2 aliphatic rings. The minimum atomic E-state index is -0.0890. The van der Waals surface area contributed by atoms with E-state index >= 15 is 0 Å². The lowest BCUT2D eigenvalue weighted by Crippen LogP contribution is -2.50. The zero-order chi connectivity index (χ0) is 18.5. The topological polar surface area (TPSA) is 57.2 Å². The first kappa shape index (κ1) is 18.5. The predicted molar refractivity (Wildman–Crippen MR) is 105 cm³/mol. The van der Waals surface area contributed by atoms with E-state index in [1.807, 2.05) is 7.05 Å². The second-order valence-electron chi connectivity index (χ2n) is 7.13. The molecule has 1 atom stereocenters. The molecule has 1 fully saturated rings. The van der Waals surface area contributed by atoms with Crippen LogP contribution in [0.25, 0.3) is 0 Å². The maximum Gasteiger partial charge on any atom is 0.308 e. The van der Waals surface area contributed by atoms with Crippen LogP contribution >= 0.6 is 0 Å². The first-order valence-corrected chi connectivity index (χ1v) is 9.52. The van der Waals surface area contributed by atoms with Crippen LogP contribution in [0.4, 0.5) is 5.69 Å². The van der Waals surface area contributed by atoms with Gasteiger partial charge in [-0.15, -0.1) is 0 Å². The number of hydrogen-bond donors (Lipinski definition) is 1. The van der Waals surface area contributed by atoms with Gasteiger partial charge in [-0.25, -0.2) is 0 Å². The van der Waals surface area contributed by atoms with E-state index in [0.29, 0.717) is 6.04 Å². The molecule has 6 nitrogen and oxygen atoms in total. The quantitative estimate of drug-likeness (QED) is 0.506. The fraction of sp³-hybridized carbons (Fsp3) is 0.600. The number of nitrogens with one attached hydrogen (secondary N) is 1. The molecule has 2 heterocycles. The lowest BCUT2D eigenvalue weighted by molar-refractivity contribution is -0.146. The van der Waals surface area contributed by atoms with Gasteiger partial charge in [0, 0.05) is 45.0 Å². The number of hydrogen-bond acceptors (Lipinski definition) is 4. The Kier molecular flexibility index (Phi) is 6.01. The number of carbonyl (C=O) groups excluding carboxylic acids is 1. The number of guanidine groups is 1. The number of esters is 1. The minimum Gasteiger partial charge on any atom is -0.469 e. The number of rotatable bonds is 4. The Morgan fingerprint density at radius 3 is 2.73 bits per heavy atom. The van der Waals surface area contributed by atoms with Crippen LogP contribution in [-0.2, 0) is 16.0 Å². The average Bonchev–Trinajstić information content (AvgIpc) is 3.12. The molecule has 6 heteroatoms. The van der Waals surface area contributed by atoms with Gasteiger partial charge < -0.3 is 19.9 Å². The number of aliphatic imine (C=N–C) groups is 1. The number of fused-ring (bicyclic) bond motifs is 1. The molecule has 0 saturated carbocycles. The van der Waals surface area contributed by atoms with Gasteiger partial charge in [0.05, 0.1) is 13.0 Å². The van der Waals surface area contributed by atoms with E-state index in [0.717, 1.165) is 51.4 Å². The van der Waals surface area contributed by atoms with Crippen molar-refractivity contribution in [1.82, 2.24) is 10.2 Å². The lowest BCUT2D eigenvalue weighted by Gasteiger charge is -2.34. The summed E-state index contributed by atoms with van der Waals surface area (Å²) in [5.74, 6) is 0.857. The SMILES string of the molecule is CN=C(NCC(C)N1CCc2ccccc21)N1CCC(C(=O)OC)CC1. The Bertz CT molecular complexity index is 653. The van der Waals surface area contributed by atoms with Gasteiger partial charge in [-0.05, 0) is 37.8 Å². The molecule has 1 aromatic carbocycles. The largest absolute Gasteiger partial charge is 0.469 e. The van der Waals surface area contributed by atoms with Crippen molar-refractivity contribution < 1.29 is 9.53 Å². The van der Waals surface area contributed by atoms with Crippen molar-refractivity contribution in [2.24, 2.45) is 10.9 Å². The van der Waals surface area contributed by atoms with Crippen LogP contribution in [0.3, 0.4) is 0 Å². The molecule has 0 amide bonds. The Morgan fingerprint density at radius 2 is 2.04 bits per heavy atom. The fourth-order valence-corrected chi connectivity index (χ4v) is 4.00. The Hall–Kier alpha value is -2.24. The summed E-state index contributed by atoms with van der Waals surface area (Å²) in [6.45, 7) is 5.84. The summed E-state index contributed by atoms with van der Waals surface area (Å²) in [6, 6.07) is 9.06. The van der Waals surface area contributed by atoms with Gasteiger partial charge in [0.25, 0.3) is 0 Å². The predicted octanol–water partition coefficient (Wildman–Crippen LogP) is 1.90. The smallest absolute Gasteiger partial charge is 0.308 e. The molecule has 2 aliphatic heterocycles. The van der Waals surface area contributed by atoms with Gasteiger partial charge in [0.2, 0.25) is 0 Å². The van der Waals surface area contributed by atoms with Crippen LogP contribution in [0.5, 0.6) is 0 Å². The average molecular weight is 358 g/mol.